The Bertz CT molecular complexity index is 1990. The Morgan fingerprint density at radius 3 is 0.812 bits per heavy atom. The largest absolute Gasteiger partial charge is 0.297 e. The van der Waals surface area contributed by atoms with Gasteiger partial charge in [-0.05, 0) is 76.2 Å². The average Bonchev–Trinajstić information content (AvgIpc) is 3.02. The van der Waals surface area contributed by atoms with Crippen molar-refractivity contribution in [3.8, 4) is 0 Å². The molecule has 16 heteroatoms. The Morgan fingerprint density at radius 1 is 0.375 bits per heavy atom. The van der Waals surface area contributed by atoms with E-state index in [1.165, 1.54) is 97.1 Å². The summed E-state index contributed by atoms with van der Waals surface area (Å²) in [4.78, 5) is -1.27. The van der Waals surface area contributed by atoms with Gasteiger partial charge in [-0.2, -0.15) is 33.7 Å². The zero-order valence-corrected chi connectivity index (χ0v) is 29.6. The molecule has 0 fully saturated rings. The molecule has 0 aliphatic heterocycles. The highest BCUT2D eigenvalue weighted by atomic mass is 32.2. The highest BCUT2D eigenvalue weighted by Crippen LogP contribution is 2.25. The molecule has 0 aromatic heterocycles. The summed E-state index contributed by atoms with van der Waals surface area (Å²) in [5.74, 6) is 0. The maximum Gasteiger partial charge on any atom is 0.297 e. The molecule has 0 saturated carbocycles. The van der Waals surface area contributed by atoms with Gasteiger partial charge in [-0.25, -0.2) is 0 Å². The lowest BCUT2D eigenvalue weighted by Crippen LogP contribution is -2.42. The Labute approximate surface area is 281 Å². The van der Waals surface area contributed by atoms with Gasteiger partial charge in [0.25, 0.3) is 40.5 Å². The number of aryl methyl sites for hydroxylation is 4. The van der Waals surface area contributed by atoms with E-state index in [1.54, 1.807) is 27.7 Å². The van der Waals surface area contributed by atoms with Crippen molar-refractivity contribution in [3.63, 3.8) is 0 Å². The van der Waals surface area contributed by atoms with Gasteiger partial charge in [0.1, 0.15) is 12.2 Å². The van der Waals surface area contributed by atoms with Crippen LogP contribution < -0.4 is 0 Å². The Morgan fingerprint density at radius 2 is 0.583 bits per heavy atom. The molecule has 0 saturated heterocycles. The number of hydrogen-bond acceptors (Lipinski definition) is 12. The topological polar surface area (TPSA) is 173 Å². The van der Waals surface area contributed by atoms with Crippen LogP contribution in [0.4, 0.5) is 0 Å². The van der Waals surface area contributed by atoms with Crippen molar-refractivity contribution in [3.05, 3.63) is 119 Å². The van der Waals surface area contributed by atoms with E-state index in [1.807, 2.05) is 0 Å². The van der Waals surface area contributed by atoms with Crippen molar-refractivity contribution in [2.75, 3.05) is 13.2 Å². The van der Waals surface area contributed by atoms with Crippen molar-refractivity contribution < 1.29 is 50.4 Å². The highest BCUT2D eigenvalue weighted by molar-refractivity contribution is 7.87. The van der Waals surface area contributed by atoms with Gasteiger partial charge < -0.3 is 0 Å². The first kappa shape index (κ1) is 37.3. The van der Waals surface area contributed by atoms with Gasteiger partial charge in [-0.15, -0.1) is 0 Å². The summed E-state index contributed by atoms with van der Waals surface area (Å²) in [5.41, 5.74) is 2.94. The third kappa shape index (κ3) is 9.79. The van der Waals surface area contributed by atoms with Crippen molar-refractivity contribution in [1.82, 2.24) is 0 Å². The second-order valence-electron chi connectivity index (χ2n) is 10.9. The van der Waals surface area contributed by atoms with Gasteiger partial charge in [-0.3, -0.25) is 16.7 Å². The minimum absolute atomic E-state index is 0.281. The molecule has 4 rings (SSSR count). The summed E-state index contributed by atoms with van der Waals surface area (Å²) in [6, 6.07) is 21.9. The first-order valence-electron chi connectivity index (χ1n) is 14.3. The summed E-state index contributed by atoms with van der Waals surface area (Å²) in [7, 11) is -18.6. The standard InChI is InChI=1S/C32H34O12S4/c1-23-5-13-27(14-6-23)45(33,34)41-21-31(43-47(37,38)29-17-9-25(3)10-18-29)32(44-48(39,40)30-19-11-26(4)12-20-30)22-42-46(35,36)28-15-7-24(2)8-16-28/h5-20,31-32H,21-22H2,1-4H3. The van der Waals surface area contributed by atoms with Crippen molar-refractivity contribution in [1.29, 1.82) is 0 Å². The fourth-order valence-electron chi connectivity index (χ4n) is 4.10. The molecule has 0 aliphatic rings. The molecule has 0 aliphatic carbocycles. The molecule has 48 heavy (non-hydrogen) atoms. The Kier molecular flexibility index (Phi) is 11.6. The molecule has 0 radical (unpaired) electrons. The fraction of sp³-hybridized carbons (Fsp3) is 0.250. The maximum atomic E-state index is 13.4. The van der Waals surface area contributed by atoms with Gasteiger partial charge in [0.05, 0.1) is 32.8 Å². The van der Waals surface area contributed by atoms with E-state index in [2.05, 4.69) is 0 Å². The smallest absolute Gasteiger partial charge is 0.263 e. The molecule has 2 atom stereocenters. The minimum atomic E-state index is -4.75. The van der Waals surface area contributed by atoms with E-state index in [0.29, 0.717) is 0 Å². The van der Waals surface area contributed by atoms with Gasteiger partial charge in [0.15, 0.2) is 0 Å². The van der Waals surface area contributed by atoms with Crippen LogP contribution in [0.15, 0.2) is 117 Å². The summed E-state index contributed by atoms with van der Waals surface area (Å²) in [6.07, 6.45) is -4.16. The SMILES string of the molecule is Cc1ccc(S(=O)(=O)OCC(OS(=O)(=O)c2ccc(C)cc2)C(COS(=O)(=O)c2ccc(C)cc2)OS(=O)(=O)c2ccc(C)cc2)cc1. The van der Waals surface area contributed by atoms with Gasteiger partial charge in [0.2, 0.25) is 0 Å². The van der Waals surface area contributed by atoms with E-state index in [0.717, 1.165) is 22.3 Å². The van der Waals surface area contributed by atoms with Crippen molar-refractivity contribution in [2.24, 2.45) is 0 Å². The van der Waals surface area contributed by atoms with Crippen molar-refractivity contribution >= 4 is 40.5 Å². The highest BCUT2D eigenvalue weighted by Gasteiger charge is 2.37. The molecular formula is C32H34O12S4. The third-order valence-electron chi connectivity index (χ3n) is 6.93. The molecule has 4 aromatic carbocycles. The lowest BCUT2D eigenvalue weighted by Gasteiger charge is -2.26. The minimum Gasteiger partial charge on any atom is -0.263 e. The number of hydrogen-bond donors (Lipinski definition) is 0. The van der Waals surface area contributed by atoms with Crippen LogP contribution in [0.25, 0.3) is 0 Å². The first-order chi connectivity index (χ1) is 22.4. The molecular weight excluding hydrogens is 705 g/mol. The predicted octanol–water partition coefficient (Wildman–Crippen LogP) is 4.58. The number of benzene rings is 4. The fourth-order valence-corrected chi connectivity index (χ4v) is 8.11. The van der Waals surface area contributed by atoms with Crippen LogP contribution in [0.1, 0.15) is 22.3 Å². The Balaban J connectivity index is 1.76. The molecule has 0 bridgehead atoms. The quantitative estimate of drug-likeness (QED) is 0.156. The Hall–Kier alpha value is -3.48. The van der Waals surface area contributed by atoms with Crippen LogP contribution in [0.5, 0.6) is 0 Å². The molecule has 0 N–H and O–H groups in total. The molecule has 258 valence electrons. The normalized spacial score (nSPS) is 14.0. The van der Waals surface area contributed by atoms with E-state index < -0.39 is 65.9 Å². The van der Waals surface area contributed by atoms with Crippen LogP contribution in [0, 0.1) is 27.7 Å². The van der Waals surface area contributed by atoms with E-state index in [-0.39, 0.29) is 19.6 Å². The molecule has 0 heterocycles. The average molecular weight is 739 g/mol. The van der Waals surface area contributed by atoms with E-state index in [4.69, 9.17) is 16.7 Å². The van der Waals surface area contributed by atoms with Gasteiger partial charge in [-0.1, -0.05) is 70.8 Å². The number of rotatable bonds is 15. The zero-order valence-electron chi connectivity index (χ0n) is 26.3. The second-order valence-corrected chi connectivity index (χ2v) is 17.3. The predicted molar refractivity (Wildman–Crippen MR) is 175 cm³/mol. The van der Waals surface area contributed by atoms with E-state index >= 15 is 0 Å². The van der Waals surface area contributed by atoms with Crippen LogP contribution in [-0.2, 0) is 57.2 Å². The molecule has 0 spiro atoms. The summed E-state index contributed by atoms with van der Waals surface area (Å²) in [6.45, 7) is 4.66. The molecule has 0 amide bonds. The van der Waals surface area contributed by atoms with Gasteiger partial charge >= 0.3 is 0 Å². The first-order valence-corrected chi connectivity index (χ1v) is 19.9. The molecule has 4 aromatic rings. The third-order valence-corrected chi connectivity index (χ3v) is 12.2. The van der Waals surface area contributed by atoms with Gasteiger partial charge in [0, 0.05) is 0 Å². The lowest BCUT2D eigenvalue weighted by atomic mass is 10.2. The second kappa shape index (κ2) is 15.0. The summed E-state index contributed by atoms with van der Waals surface area (Å²) >= 11 is 0. The van der Waals surface area contributed by atoms with Crippen LogP contribution in [0.2, 0.25) is 0 Å². The van der Waals surface area contributed by atoms with E-state index in [9.17, 15) is 33.7 Å². The molecule has 2 unspecified atom stereocenters. The zero-order chi connectivity index (χ0) is 35.3. The summed E-state index contributed by atoms with van der Waals surface area (Å²) in [5, 5.41) is 0. The summed E-state index contributed by atoms with van der Waals surface area (Å²) < 4.78 is 127. The van der Waals surface area contributed by atoms with Crippen LogP contribution in [-0.4, -0.2) is 59.1 Å². The monoisotopic (exact) mass is 738 g/mol. The van der Waals surface area contributed by atoms with Crippen LogP contribution >= 0.6 is 0 Å². The lowest BCUT2D eigenvalue weighted by molar-refractivity contribution is 0.00820. The van der Waals surface area contributed by atoms with Crippen LogP contribution in [0.3, 0.4) is 0 Å². The molecule has 12 nitrogen and oxygen atoms in total. The van der Waals surface area contributed by atoms with Crippen molar-refractivity contribution in [2.45, 2.75) is 59.5 Å². The maximum absolute atomic E-state index is 13.4.